The lowest BCUT2D eigenvalue weighted by atomic mass is 9.99. The lowest BCUT2D eigenvalue weighted by Crippen LogP contribution is -2.34. The van der Waals surface area contributed by atoms with Gasteiger partial charge in [-0.15, -0.1) is 0 Å². The Morgan fingerprint density at radius 1 is 1.12 bits per heavy atom. The summed E-state index contributed by atoms with van der Waals surface area (Å²) < 4.78 is 0. The molecule has 0 atom stereocenters. The molecule has 0 spiro atoms. The molecule has 0 fully saturated rings. The van der Waals surface area contributed by atoms with Crippen molar-refractivity contribution in [3.8, 4) is 0 Å². The standard InChI is InChI=1S/C17H18N4O3/c1-11-6-15(9-18-8-11)20-16(22)19-14-3-2-13-10-21(17(23)24)5-4-12(13)7-14/h2-3,6-9H,4-5,10H2,1H3,(H,23,24)(H2,19,20,22). The van der Waals surface area contributed by atoms with Crippen LogP contribution < -0.4 is 10.6 Å². The van der Waals surface area contributed by atoms with Crippen molar-refractivity contribution in [2.75, 3.05) is 17.2 Å². The molecule has 1 aromatic carbocycles. The van der Waals surface area contributed by atoms with Crippen LogP contribution in [0.25, 0.3) is 0 Å². The minimum Gasteiger partial charge on any atom is -0.465 e. The van der Waals surface area contributed by atoms with Crippen molar-refractivity contribution in [1.82, 2.24) is 9.88 Å². The minimum atomic E-state index is -0.908. The molecular weight excluding hydrogens is 308 g/mol. The molecule has 1 aromatic heterocycles. The first-order valence-electron chi connectivity index (χ1n) is 7.60. The Kier molecular flexibility index (Phi) is 4.33. The lowest BCUT2D eigenvalue weighted by Gasteiger charge is -2.26. The van der Waals surface area contributed by atoms with E-state index in [1.807, 2.05) is 25.1 Å². The number of urea groups is 1. The molecule has 2 heterocycles. The van der Waals surface area contributed by atoms with Gasteiger partial charge in [-0.25, -0.2) is 9.59 Å². The Morgan fingerprint density at radius 2 is 1.92 bits per heavy atom. The third-order valence-corrected chi connectivity index (χ3v) is 3.88. The van der Waals surface area contributed by atoms with E-state index in [4.69, 9.17) is 5.11 Å². The van der Waals surface area contributed by atoms with Gasteiger partial charge in [-0.2, -0.15) is 0 Å². The Balaban J connectivity index is 1.66. The summed E-state index contributed by atoms with van der Waals surface area (Å²) in [6.07, 6.45) is 3.03. The van der Waals surface area contributed by atoms with Crippen molar-refractivity contribution in [3.63, 3.8) is 0 Å². The number of carboxylic acid groups (broad SMARTS) is 1. The van der Waals surface area contributed by atoms with Gasteiger partial charge >= 0.3 is 12.1 Å². The second-order valence-electron chi connectivity index (χ2n) is 5.77. The number of amides is 3. The van der Waals surface area contributed by atoms with Gasteiger partial charge in [0.1, 0.15) is 0 Å². The van der Waals surface area contributed by atoms with Crippen LogP contribution in [0.4, 0.5) is 21.0 Å². The number of carbonyl (C=O) groups is 2. The van der Waals surface area contributed by atoms with Crippen LogP contribution in [0.2, 0.25) is 0 Å². The average Bonchev–Trinajstić information content (AvgIpc) is 2.54. The number of nitrogens with zero attached hydrogens (tertiary/aromatic N) is 2. The van der Waals surface area contributed by atoms with Gasteiger partial charge in [0.25, 0.3) is 0 Å². The van der Waals surface area contributed by atoms with Crippen LogP contribution in [0.1, 0.15) is 16.7 Å². The number of benzene rings is 1. The fraction of sp³-hybridized carbons (Fsp3) is 0.235. The Labute approximate surface area is 139 Å². The van der Waals surface area contributed by atoms with Gasteiger partial charge in [-0.3, -0.25) is 4.98 Å². The van der Waals surface area contributed by atoms with Crippen LogP contribution >= 0.6 is 0 Å². The van der Waals surface area contributed by atoms with Crippen LogP contribution in [-0.2, 0) is 13.0 Å². The number of anilines is 2. The maximum Gasteiger partial charge on any atom is 0.407 e. The van der Waals surface area contributed by atoms with Gasteiger partial charge in [0.05, 0.1) is 11.9 Å². The Morgan fingerprint density at radius 3 is 2.67 bits per heavy atom. The van der Waals surface area contributed by atoms with Gasteiger partial charge in [0, 0.05) is 25.0 Å². The first-order chi connectivity index (χ1) is 11.5. The van der Waals surface area contributed by atoms with E-state index in [2.05, 4.69) is 15.6 Å². The predicted octanol–water partition coefficient (Wildman–Crippen LogP) is 3.07. The molecule has 1 aliphatic rings. The first kappa shape index (κ1) is 15.8. The lowest BCUT2D eigenvalue weighted by molar-refractivity contribution is 0.140. The largest absolute Gasteiger partial charge is 0.465 e. The molecule has 0 saturated carbocycles. The second-order valence-corrected chi connectivity index (χ2v) is 5.77. The van der Waals surface area contributed by atoms with E-state index >= 15 is 0 Å². The zero-order chi connectivity index (χ0) is 17.1. The summed E-state index contributed by atoms with van der Waals surface area (Å²) in [6, 6.07) is 7.01. The Bertz CT molecular complexity index is 791. The third kappa shape index (κ3) is 3.62. The second kappa shape index (κ2) is 6.57. The first-order valence-corrected chi connectivity index (χ1v) is 7.60. The molecular formula is C17H18N4O3. The van der Waals surface area contributed by atoms with Crippen LogP contribution in [0.15, 0.2) is 36.7 Å². The summed E-state index contributed by atoms with van der Waals surface area (Å²) in [4.78, 5) is 28.5. The highest BCUT2D eigenvalue weighted by molar-refractivity contribution is 5.99. The molecule has 0 unspecified atom stereocenters. The van der Waals surface area contributed by atoms with E-state index in [1.165, 1.54) is 4.90 Å². The normalized spacial score (nSPS) is 13.1. The van der Waals surface area contributed by atoms with E-state index in [0.717, 1.165) is 16.7 Å². The molecule has 24 heavy (non-hydrogen) atoms. The fourth-order valence-electron chi connectivity index (χ4n) is 2.71. The molecule has 3 N–H and O–H groups in total. The molecule has 0 bridgehead atoms. The highest BCUT2D eigenvalue weighted by atomic mass is 16.4. The zero-order valence-corrected chi connectivity index (χ0v) is 13.2. The summed E-state index contributed by atoms with van der Waals surface area (Å²) in [7, 11) is 0. The van der Waals surface area contributed by atoms with Crippen LogP contribution in [0.5, 0.6) is 0 Å². The number of hydrogen-bond donors (Lipinski definition) is 3. The molecule has 124 valence electrons. The number of aryl methyl sites for hydroxylation is 1. The van der Waals surface area contributed by atoms with E-state index in [1.54, 1.807) is 18.5 Å². The number of hydrogen-bond acceptors (Lipinski definition) is 3. The van der Waals surface area contributed by atoms with E-state index < -0.39 is 6.09 Å². The molecule has 2 aromatic rings. The molecule has 1 aliphatic heterocycles. The number of fused-ring (bicyclic) bond motifs is 1. The van der Waals surface area contributed by atoms with E-state index in [-0.39, 0.29) is 6.03 Å². The number of carbonyl (C=O) groups excluding carboxylic acids is 1. The van der Waals surface area contributed by atoms with Gasteiger partial charge < -0.3 is 20.6 Å². The zero-order valence-electron chi connectivity index (χ0n) is 13.2. The van der Waals surface area contributed by atoms with Crippen molar-refractivity contribution in [3.05, 3.63) is 53.3 Å². The van der Waals surface area contributed by atoms with Crippen molar-refractivity contribution in [2.45, 2.75) is 19.9 Å². The van der Waals surface area contributed by atoms with Crippen LogP contribution in [-0.4, -0.2) is 33.7 Å². The van der Waals surface area contributed by atoms with Gasteiger partial charge in [-0.1, -0.05) is 6.07 Å². The molecule has 3 amide bonds. The van der Waals surface area contributed by atoms with E-state index in [0.29, 0.717) is 30.9 Å². The van der Waals surface area contributed by atoms with E-state index in [9.17, 15) is 9.59 Å². The summed E-state index contributed by atoms with van der Waals surface area (Å²) >= 11 is 0. The van der Waals surface area contributed by atoms with Gasteiger partial charge in [0.15, 0.2) is 0 Å². The van der Waals surface area contributed by atoms with Crippen molar-refractivity contribution >= 4 is 23.5 Å². The quantitative estimate of drug-likeness (QED) is 0.790. The van der Waals surface area contributed by atoms with Crippen LogP contribution in [0, 0.1) is 6.92 Å². The maximum atomic E-state index is 12.1. The molecule has 0 saturated heterocycles. The number of pyridine rings is 1. The number of nitrogens with one attached hydrogen (secondary N) is 2. The molecule has 3 rings (SSSR count). The fourth-order valence-corrected chi connectivity index (χ4v) is 2.71. The van der Waals surface area contributed by atoms with Crippen molar-refractivity contribution < 1.29 is 14.7 Å². The molecule has 0 aliphatic carbocycles. The highest BCUT2D eigenvalue weighted by Gasteiger charge is 2.20. The number of rotatable bonds is 2. The van der Waals surface area contributed by atoms with Crippen molar-refractivity contribution in [1.29, 1.82) is 0 Å². The van der Waals surface area contributed by atoms with Gasteiger partial charge in [0.2, 0.25) is 0 Å². The smallest absolute Gasteiger partial charge is 0.407 e. The van der Waals surface area contributed by atoms with Gasteiger partial charge in [-0.05, 0) is 48.2 Å². The molecule has 0 radical (unpaired) electrons. The molecule has 7 heteroatoms. The maximum absolute atomic E-state index is 12.1. The topological polar surface area (TPSA) is 94.6 Å². The van der Waals surface area contributed by atoms with Crippen LogP contribution in [0.3, 0.4) is 0 Å². The third-order valence-electron chi connectivity index (χ3n) is 3.88. The monoisotopic (exact) mass is 326 g/mol. The summed E-state index contributed by atoms with van der Waals surface area (Å²) in [5, 5.41) is 14.6. The highest BCUT2D eigenvalue weighted by Crippen LogP contribution is 2.23. The SMILES string of the molecule is Cc1cncc(NC(=O)Nc2ccc3c(c2)CCN(C(=O)O)C3)c1. The number of aromatic nitrogens is 1. The summed E-state index contributed by atoms with van der Waals surface area (Å²) in [5.74, 6) is 0. The van der Waals surface area contributed by atoms with Crippen molar-refractivity contribution in [2.24, 2.45) is 0 Å². The Hall–Kier alpha value is -3.09. The summed E-state index contributed by atoms with van der Waals surface area (Å²) in [6.45, 7) is 2.75. The molecule has 7 nitrogen and oxygen atoms in total. The minimum absolute atomic E-state index is 0.342. The predicted molar refractivity (Wildman–Crippen MR) is 90.2 cm³/mol. The average molecular weight is 326 g/mol. The summed E-state index contributed by atoms with van der Waals surface area (Å²) in [5.41, 5.74) is 4.29.